The summed E-state index contributed by atoms with van der Waals surface area (Å²) >= 11 is 0. The first kappa shape index (κ1) is 13.2. The number of hydrogen-bond donors (Lipinski definition) is 1. The average molecular weight is 272 g/mol. The second kappa shape index (κ2) is 5.27. The van der Waals surface area contributed by atoms with E-state index >= 15 is 0 Å². The molecule has 2 fully saturated rings. The quantitative estimate of drug-likeness (QED) is 0.913. The molecule has 1 aliphatic carbocycles. The van der Waals surface area contributed by atoms with Crippen molar-refractivity contribution >= 4 is 17.5 Å². The zero-order valence-electron chi connectivity index (χ0n) is 11.8. The van der Waals surface area contributed by atoms with E-state index in [1.54, 1.807) is 4.90 Å². The summed E-state index contributed by atoms with van der Waals surface area (Å²) in [6, 6.07) is 7.73. The number of anilines is 1. The van der Waals surface area contributed by atoms with E-state index in [0.717, 1.165) is 24.9 Å². The lowest BCUT2D eigenvalue weighted by atomic mass is 10.1. The minimum Gasteiger partial charge on any atom is -0.344 e. The summed E-state index contributed by atoms with van der Waals surface area (Å²) in [5.41, 5.74) is 2.12. The molecule has 1 aromatic rings. The Morgan fingerprint density at radius 2 is 2.10 bits per heavy atom. The van der Waals surface area contributed by atoms with Crippen LogP contribution >= 0.6 is 0 Å². The highest BCUT2D eigenvalue weighted by Crippen LogP contribution is 2.35. The van der Waals surface area contributed by atoms with Crippen LogP contribution in [0.4, 0.5) is 5.69 Å². The van der Waals surface area contributed by atoms with E-state index in [4.69, 9.17) is 0 Å². The van der Waals surface area contributed by atoms with Crippen LogP contribution in [-0.4, -0.2) is 24.4 Å². The van der Waals surface area contributed by atoms with Crippen LogP contribution < -0.4 is 10.2 Å². The second-order valence-electron chi connectivity index (χ2n) is 5.65. The monoisotopic (exact) mass is 272 g/mol. The number of hydrogen-bond acceptors (Lipinski definition) is 2. The van der Waals surface area contributed by atoms with Crippen molar-refractivity contribution in [1.29, 1.82) is 0 Å². The van der Waals surface area contributed by atoms with Crippen LogP contribution in [0.1, 0.15) is 31.7 Å². The predicted octanol–water partition coefficient (Wildman–Crippen LogP) is 1.88. The van der Waals surface area contributed by atoms with Gasteiger partial charge in [-0.05, 0) is 42.9 Å². The van der Waals surface area contributed by atoms with E-state index in [2.05, 4.69) is 24.4 Å². The first-order chi connectivity index (χ1) is 9.69. The van der Waals surface area contributed by atoms with Crippen LogP contribution in [0.15, 0.2) is 24.3 Å². The van der Waals surface area contributed by atoms with Crippen molar-refractivity contribution in [3.8, 4) is 0 Å². The van der Waals surface area contributed by atoms with Crippen molar-refractivity contribution < 1.29 is 9.59 Å². The van der Waals surface area contributed by atoms with Gasteiger partial charge in [0.25, 0.3) is 0 Å². The number of aryl methyl sites for hydroxylation is 1. The fourth-order valence-corrected chi connectivity index (χ4v) is 2.75. The highest BCUT2D eigenvalue weighted by atomic mass is 16.2. The van der Waals surface area contributed by atoms with Crippen LogP contribution in [-0.2, 0) is 16.0 Å². The van der Waals surface area contributed by atoms with Gasteiger partial charge in [-0.1, -0.05) is 19.1 Å². The average Bonchev–Trinajstić information content (AvgIpc) is 3.29. The molecule has 1 N–H and O–H groups in total. The number of benzene rings is 1. The fraction of sp³-hybridized carbons (Fsp3) is 0.500. The molecule has 1 unspecified atom stereocenters. The molecule has 4 heteroatoms. The third kappa shape index (κ3) is 2.55. The largest absolute Gasteiger partial charge is 0.344 e. The molecule has 20 heavy (non-hydrogen) atoms. The minimum absolute atomic E-state index is 0.00982. The van der Waals surface area contributed by atoms with Gasteiger partial charge in [0, 0.05) is 18.7 Å². The number of carbonyl (C=O) groups is 2. The van der Waals surface area contributed by atoms with E-state index in [-0.39, 0.29) is 17.9 Å². The zero-order chi connectivity index (χ0) is 14.1. The molecule has 1 saturated carbocycles. The van der Waals surface area contributed by atoms with Gasteiger partial charge in [-0.3, -0.25) is 9.59 Å². The zero-order valence-corrected chi connectivity index (χ0v) is 11.8. The standard InChI is InChI=1S/C16H20N2O2/c1-2-11-4-3-5-13(10-11)18-9-8-14(19)17-15(16(18)20)12-6-7-12/h3-5,10,12,15H,2,6-9H2,1H3,(H,17,19). The van der Waals surface area contributed by atoms with Crippen LogP contribution in [0.5, 0.6) is 0 Å². The van der Waals surface area contributed by atoms with Crippen molar-refractivity contribution in [2.75, 3.05) is 11.4 Å². The van der Waals surface area contributed by atoms with E-state index in [9.17, 15) is 9.59 Å². The molecule has 0 spiro atoms. The Hall–Kier alpha value is -1.84. The van der Waals surface area contributed by atoms with Gasteiger partial charge in [-0.15, -0.1) is 0 Å². The summed E-state index contributed by atoms with van der Waals surface area (Å²) in [4.78, 5) is 26.2. The molecule has 1 atom stereocenters. The highest BCUT2D eigenvalue weighted by molar-refractivity contribution is 6.01. The van der Waals surface area contributed by atoms with E-state index < -0.39 is 0 Å². The Labute approximate surface area is 119 Å². The Kier molecular flexibility index (Phi) is 3.47. The summed E-state index contributed by atoms with van der Waals surface area (Å²) in [5, 5.41) is 2.89. The van der Waals surface area contributed by atoms with Gasteiger partial charge in [0.15, 0.2) is 0 Å². The highest BCUT2D eigenvalue weighted by Gasteiger charge is 2.41. The molecular weight excluding hydrogens is 252 g/mol. The first-order valence-corrected chi connectivity index (χ1v) is 7.38. The van der Waals surface area contributed by atoms with E-state index in [1.807, 2.05) is 12.1 Å². The third-order valence-corrected chi connectivity index (χ3v) is 4.13. The summed E-state index contributed by atoms with van der Waals surface area (Å²) in [5.74, 6) is 0.373. The fourth-order valence-electron chi connectivity index (χ4n) is 2.75. The van der Waals surface area contributed by atoms with Crippen LogP contribution in [0.3, 0.4) is 0 Å². The maximum absolute atomic E-state index is 12.7. The number of amides is 2. The lowest BCUT2D eigenvalue weighted by molar-refractivity contribution is -0.126. The Balaban J connectivity index is 1.89. The molecule has 1 heterocycles. The van der Waals surface area contributed by atoms with E-state index in [1.165, 1.54) is 5.56 Å². The molecule has 4 nitrogen and oxygen atoms in total. The van der Waals surface area contributed by atoms with Crippen LogP contribution in [0.2, 0.25) is 0 Å². The Morgan fingerprint density at radius 1 is 1.30 bits per heavy atom. The van der Waals surface area contributed by atoms with Gasteiger partial charge < -0.3 is 10.2 Å². The molecule has 1 saturated heterocycles. The molecule has 0 aromatic heterocycles. The lowest BCUT2D eigenvalue weighted by Gasteiger charge is -2.24. The van der Waals surface area contributed by atoms with Gasteiger partial charge in [-0.25, -0.2) is 0 Å². The van der Waals surface area contributed by atoms with Crippen molar-refractivity contribution in [3.05, 3.63) is 29.8 Å². The summed E-state index contributed by atoms with van der Waals surface area (Å²) < 4.78 is 0. The van der Waals surface area contributed by atoms with Crippen molar-refractivity contribution in [1.82, 2.24) is 5.32 Å². The van der Waals surface area contributed by atoms with E-state index in [0.29, 0.717) is 18.9 Å². The molecular formula is C16H20N2O2. The Morgan fingerprint density at radius 3 is 2.80 bits per heavy atom. The van der Waals surface area contributed by atoms with Crippen molar-refractivity contribution in [2.24, 2.45) is 5.92 Å². The molecule has 0 radical (unpaired) electrons. The van der Waals surface area contributed by atoms with Gasteiger partial charge >= 0.3 is 0 Å². The normalized spacial score (nSPS) is 23.4. The topological polar surface area (TPSA) is 49.4 Å². The van der Waals surface area contributed by atoms with Crippen LogP contribution in [0, 0.1) is 5.92 Å². The summed E-state index contributed by atoms with van der Waals surface area (Å²) in [7, 11) is 0. The molecule has 1 aromatic carbocycles. The molecule has 1 aliphatic heterocycles. The lowest BCUT2D eigenvalue weighted by Crippen LogP contribution is -2.46. The number of carbonyl (C=O) groups excluding carboxylic acids is 2. The number of nitrogens with one attached hydrogen (secondary N) is 1. The van der Waals surface area contributed by atoms with Gasteiger partial charge in [0.05, 0.1) is 0 Å². The molecule has 0 bridgehead atoms. The van der Waals surface area contributed by atoms with Gasteiger partial charge in [0.2, 0.25) is 11.8 Å². The maximum atomic E-state index is 12.7. The third-order valence-electron chi connectivity index (χ3n) is 4.13. The molecule has 2 aliphatic rings. The Bertz CT molecular complexity index is 537. The predicted molar refractivity (Wildman–Crippen MR) is 77.4 cm³/mol. The van der Waals surface area contributed by atoms with Crippen molar-refractivity contribution in [2.45, 2.75) is 38.6 Å². The smallest absolute Gasteiger partial charge is 0.249 e. The summed E-state index contributed by atoms with van der Waals surface area (Å²) in [6.45, 7) is 2.57. The number of nitrogens with zero attached hydrogens (tertiary/aromatic N) is 1. The SMILES string of the molecule is CCc1cccc(N2CCC(=O)NC(C3CC3)C2=O)c1. The molecule has 3 rings (SSSR count). The van der Waals surface area contributed by atoms with Crippen LogP contribution in [0.25, 0.3) is 0 Å². The maximum Gasteiger partial charge on any atom is 0.249 e. The molecule has 2 amide bonds. The van der Waals surface area contributed by atoms with Gasteiger partial charge in [0.1, 0.15) is 6.04 Å². The first-order valence-electron chi connectivity index (χ1n) is 7.38. The second-order valence-corrected chi connectivity index (χ2v) is 5.65. The van der Waals surface area contributed by atoms with Gasteiger partial charge in [-0.2, -0.15) is 0 Å². The minimum atomic E-state index is -0.324. The number of rotatable bonds is 3. The summed E-state index contributed by atoms with van der Waals surface area (Å²) in [6.07, 6.45) is 3.41. The van der Waals surface area contributed by atoms with Crippen molar-refractivity contribution in [3.63, 3.8) is 0 Å². The molecule has 106 valence electrons.